The first-order valence-corrected chi connectivity index (χ1v) is 11.1. The molecule has 1 saturated heterocycles. The standard InChI is InChI=1S/C24H21ClF3N3O3/c25-20-14-16(10-11-18(20)19-7-1-2-8-21(19)34-24(26,27)28)29-30-22-9-3-4-12-31(22)23(32)15-17-6-5-13-33-17/h1-2,5-8,10-11,13-14,22H,3-4,9,12,15H2. The maximum atomic E-state index is 12.8. The summed E-state index contributed by atoms with van der Waals surface area (Å²) in [6.45, 7) is 0.582. The van der Waals surface area contributed by atoms with Crippen molar-refractivity contribution in [1.82, 2.24) is 4.90 Å². The molecule has 2 aromatic carbocycles. The van der Waals surface area contributed by atoms with Gasteiger partial charge in [0.1, 0.15) is 17.7 Å². The number of halogens is 4. The second-order valence-corrected chi connectivity index (χ2v) is 8.15. The van der Waals surface area contributed by atoms with E-state index in [4.69, 9.17) is 16.0 Å². The molecule has 4 rings (SSSR count). The molecule has 1 fully saturated rings. The van der Waals surface area contributed by atoms with Gasteiger partial charge in [-0.05, 0) is 49.6 Å². The normalized spacial score (nSPS) is 16.7. The lowest BCUT2D eigenvalue weighted by atomic mass is 10.0. The van der Waals surface area contributed by atoms with Crippen LogP contribution >= 0.6 is 11.6 Å². The monoisotopic (exact) mass is 491 g/mol. The Labute approximate surface area is 199 Å². The van der Waals surface area contributed by atoms with Gasteiger partial charge < -0.3 is 14.1 Å². The van der Waals surface area contributed by atoms with Gasteiger partial charge in [-0.25, -0.2) is 0 Å². The highest BCUT2D eigenvalue weighted by molar-refractivity contribution is 6.33. The summed E-state index contributed by atoms with van der Waals surface area (Å²) < 4.78 is 47.7. The van der Waals surface area contributed by atoms with Crippen molar-refractivity contribution in [3.8, 4) is 16.9 Å². The Morgan fingerprint density at radius 2 is 1.94 bits per heavy atom. The molecule has 1 atom stereocenters. The van der Waals surface area contributed by atoms with Gasteiger partial charge in [0.15, 0.2) is 0 Å². The zero-order valence-corrected chi connectivity index (χ0v) is 18.7. The fourth-order valence-electron chi connectivity index (χ4n) is 3.81. The second kappa shape index (κ2) is 10.3. The molecule has 0 N–H and O–H groups in total. The lowest BCUT2D eigenvalue weighted by Crippen LogP contribution is -2.43. The predicted molar refractivity (Wildman–Crippen MR) is 120 cm³/mol. The molecule has 0 spiro atoms. The van der Waals surface area contributed by atoms with Gasteiger partial charge in [0, 0.05) is 17.7 Å². The van der Waals surface area contributed by atoms with E-state index in [1.807, 2.05) is 0 Å². The van der Waals surface area contributed by atoms with Crippen LogP contribution in [0.2, 0.25) is 5.02 Å². The first kappa shape index (κ1) is 23.8. The van der Waals surface area contributed by atoms with Gasteiger partial charge in [-0.1, -0.05) is 35.9 Å². The lowest BCUT2D eigenvalue weighted by Gasteiger charge is -2.32. The lowest BCUT2D eigenvalue weighted by molar-refractivity contribution is -0.274. The van der Waals surface area contributed by atoms with Crippen LogP contribution in [0.3, 0.4) is 0 Å². The van der Waals surface area contributed by atoms with E-state index in [0.717, 1.165) is 12.8 Å². The minimum atomic E-state index is -4.82. The molecule has 178 valence electrons. The number of azo groups is 1. The summed E-state index contributed by atoms with van der Waals surface area (Å²) in [6, 6.07) is 13.9. The van der Waals surface area contributed by atoms with Gasteiger partial charge in [0.2, 0.25) is 5.91 Å². The molecule has 34 heavy (non-hydrogen) atoms. The van der Waals surface area contributed by atoms with Crippen LogP contribution in [0.4, 0.5) is 18.9 Å². The third-order valence-electron chi connectivity index (χ3n) is 5.36. The number of likely N-dealkylation sites (tertiary alicyclic amines) is 1. The molecule has 1 amide bonds. The van der Waals surface area contributed by atoms with Gasteiger partial charge in [0.05, 0.1) is 23.4 Å². The summed E-state index contributed by atoms with van der Waals surface area (Å²) in [4.78, 5) is 14.4. The number of amides is 1. The molecule has 6 nitrogen and oxygen atoms in total. The Morgan fingerprint density at radius 3 is 2.68 bits per heavy atom. The van der Waals surface area contributed by atoms with E-state index in [1.54, 1.807) is 35.2 Å². The Kier molecular flexibility index (Phi) is 7.21. The third-order valence-corrected chi connectivity index (χ3v) is 5.67. The summed E-state index contributed by atoms with van der Waals surface area (Å²) in [7, 11) is 0. The number of ether oxygens (including phenoxy) is 1. The molecular formula is C24H21ClF3N3O3. The molecule has 0 radical (unpaired) electrons. The van der Waals surface area contributed by atoms with Crippen molar-refractivity contribution in [2.75, 3.05) is 6.54 Å². The average Bonchev–Trinajstić information content (AvgIpc) is 3.30. The quantitative estimate of drug-likeness (QED) is 0.343. The van der Waals surface area contributed by atoms with Crippen LogP contribution in [0.25, 0.3) is 11.1 Å². The summed E-state index contributed by atoms with van der Waals surface area (Å²) >= 11 is 6.37. The third kappa shape index (κ3) is 5.96. The Morgan fingerprint density at radius 1 is 1.12 bits per heavy atom. The Bertz CT molecular complexity index is 1170. The number of nitrogens with zero attached hydrogens (tertiary/aromatic N) is 3. The number of rotatable bonds is 6. The number of piperidine rings is 1. The number of benzene rings is 2. The average molecular weight is 492 g/mol. The minimum absolute atomic E-state index is 0.0896. The molecule has 0 saturated carbocycles. The fourth-order valence-corrected chi connectivity index (χ4v) is 4.09. The number of alkyl halides is 3. The van der Waals surface area contributed by atoms with Crippen LogP contribution in [0, 0.1) is 0 Å². The van der Waals surface area contributed by atoms with Crippen LogP contribution in [0.5, 0.6) is 5.75 Å². The van der Waals surface area contributed by atoms with E-state index >= 15 is 0 Å². The summed E-state index contributed by atoms with van der Waals surface area (Å²) in [6.07, 6.45) is -1.07. The fraction of sp³-hybridized carbons (Fsp3) is 0.292. The number of carbonyl (C=O) groups is 1. The van der Waals surface area contributed by atoms with Crippen LogP contribution in [-0.4, -0.2) is 29.9 Å². The summed E-state index contributed by atoms with van der Waals surface area (Å²) in [5.41, 5.74) is 0.996. The molecule has 3 aromatic rings. The molecule has 1 aliphatic rings. The molecule has 0 aliphatic carbocycles. The van der Waals surface area contributed by atoms with Crippen molar-refractivity contribution in [1.29, 1.82) is 0 Å². The molecular weight excluding hydrogens is 471 g/mol. The zero-order chi connectivity index (χ0) is 24.1. The van der Waals surface area contributed by atoms with Crippen LogP contribution in [0.15, 0.2) is 75.5 Å². The highest BCUT2D eigenvalue weighted by atomic mass is 35.5. The van der Waals surface area contributed by atoms with Gasteiger partial charge in [-0.2, -0.15) is 10.2 Å². The van der Waals surface area contributed by atoms with Crippen molar-refractivity contribution in [3.05, 3.63) is 71.6 Å². The Balaban J connectivity index is 1.51. The highest BCUT2D eigenvalue weighted by Crippen LogP contribution is 2.38. The van der Waals surface area contributed by atoms with Crippen molar-refractivity contribution in [3.63, 3.8) is 0 Å². The SMILES string of the molecule is O=C(Cc1ccco1)N1CCCCC1N=Nc1ccc(-c2ccccc2OC(F)(F)F)c(Cl)c1. The number of hydrogen-bond donors (Lipinski definition) is 0. The van der Waals surface area contributed by atoms with E-state index in [9.17, 15) is 18.0 Å². The van der Waals surface area contributed by atoms with Crippen molar-refractivity contribution in [2.24, 2.45) is 10.2 Å². The van der Waals surface area contributed by atoms with Gasteiger partial charge in [0.25, 0.3) is 0 Å². The van der Waals surface area contributed by atoms with Gasteiger partial charge >= 0.3 is 6.36 Å². The number of furan rings is 1. The van der Waals surface area contributed by atoms with E-state index in [2.05, 4.69) is 15.0 Å². The topological polar surface area (TPSA) is 67.4 Å². The van der Waals surface area contributed by atoms with Gasteiger partial charge in [-0.3, -0.25) is 4.79 Å². The van der Waals surface area contributed by atoms with E-state index in [0.29, 0.717) is 30.0 Å². The van der Waals surface area contributed by atoms with E-state index in [1.165, 1.54) is 30.5 Å². The van der Waals surface area contributed by atoms with Crippen LogP contribution < -0.4 is 4.74 Å². The first-order chi connectivity index (χ1) is 16.3. The molecule has 1 unspecified atom stereocenters. The largest absolute Gasteiger partial charge is 0.573 e. The second-order valence-electron chi connectivity index (χ2n) is 7.74. The van der Waals surface area contributed by atoms with E-state index in [-0.39, 0.29) is 28.7 Å². The van der Waals surface area contributed by atoms with E-state index < -0.39 is 12.5 Å². The highest BCUT2D eigenvalue weighted by Gasteiger charge is 2.32. The first-order valence-electron chi connectivity index (χ1n) is 10.7. The molecule has 0 bridgehead atoms. The maximum absolute atomic E-state index is 12.8. The zero-order valence-electron chi connectivity index (χ0n) is 18.0. The molecule has 1 aromatic heterocycles. The van der Waals surface area contributed by atoms with Gasteiger partial charge in [-0.15, -0.1) is 13.2 Å². The molecule has 10 heteroatoms. The Hall–Kier alpha value is -3.33. The number of para-hydroxylation sites is 1. The molecule has 1 aliphatic heterocycles. The molecule has 2 heterocycles. The number of hydrogen-bond acceptors (Lipinski definition) is 5. The predicted octanol–water partition coefficient (Wildman–Crippen LogP) is 7.16. The number of carbonyl (C=O) groups excluding carboxylic acids is 1. The van der Waals surface area contributed by atoms with Crippen molar-refractivity contribution >= 4 is 23.2 Å². The van der Waals surface area contributed by atoms with Crippen molar-refractivity contribution in [2.45, 2.75) is 38.2 Å². The van der Waals surface area contributed by atoms with Crippen LogP contribution in [-0.2, 0) is 11.2 Å². The summed E-state index contributed by atoms with van der Waals surface area (Å²) in [5, 5.41) is 8.81. The summed E-state index contributed by atoms with van der Waals surface area (Å²) in [5.74, 6) is 0.149. The maximum Gasteiger partial charge on any atom is 0.573 e. The smallest absolute Gasteiger partial charge is 0.469 e. The van der Waals surface area contributed by atoms with Crippen molar-refractivity contribution < 1.29 is 27.1 Å². The van der Waals surface area contributed by atoms with Crippen LogP contribution in [0.1, 0.15) is 25.0 Å². The minimum Gasteiger partial charge on any atom is -0.469 e.